The lowest BCUT2D eigenvalue weighted by atomic mass is 10.1. The van der Waals surface area contributed by atoms with Crippen LogP contribution in [0.1, 0.15) is 16.8 Å². The van der Waals surface area contributed by atoms with Crippen LogP contribution in [0.4, 0.5) is 14.5 Å². The SMILES string of the molecule is COC(=O)CCN(C)C(=O)c1cc([N+](=O)[O-])c(F)cc1F. The van der Waals surface area contributed by atoms with Gasteiger partial charge in [-0.25, -0.2) is 4.39 Å². The molecule has 1 aromatic rings. The Morgan fingerprint density at radius 1 is 1.33 bits per heavy atom. The summed E-state index contributed by atoms with van der Waals surface area (Å²) in [6.45, 7) is -0.0733. The summed E-state index contributed by atoms with van der Waals surface area (Å²) >= 11 is 0. The Kier molecular flexibility index (Phi) is 5.28. The molecule has 9 heteroatoms. The summed E-state index contributed by atoms with van der Waals surface area (Å²) in [6.07, 6.45) is -0.121. The molecule has 0 heterocycles. The average Bonchev–Trinajstić information content (AvgIpc) is 2.43. The number of nitrogens with zero attached hydrogens (tertiary/aromatic N) is 2. The summed E-state index contributed by atoms with van der Waals surface area (Å²) in [5.41, 5.74) is -1.64. The Morgan fingerprint density at radius 2 is 1.95 bits per heavy atom. The van der Waals surface area contributed by atoms with E-state index in [1.807, 2.05) is 0 Å². The van der Waals surface area contributed by atoms with Gasteiger partial charge in [-0.15, -0.1) is 0 Å². The van der Waals surface area contributed by atoms with Crippen LogP contribution in [0, 0.1) is 21.7 Å². The Labute approximate surface area is 118 Å². The highest BCUT2D eigenvalue weighted by molar-refractivity contribution is 5.95. The van der Waals surface area contributed by atoms with E-state index in [1.165, 1.54) is 14.2 Å². The number of amides is 1. The van der Waals surface area contributed by atoms with Crippen molar-refractivity contribution in [3.63, 3.8) is 0 Å². The van der Waals surface area contributed by atoms with Gasteiger partial charge in [0.05, 0.1) is 24.0 Å². The van der Waals surface area contributed by atoms with Gasteiger partial charge in [-0.2, -0.15) is 4.39 Å². The predicted molar refractivity (Wildman–Crippen MR) is 66.6 cm³/mol. The van der Waals surface area contributed by atoms with Gasteiger partial charge in [0.25, 0.3) is 5.91 Å². The van der Waals surface area contributed by atoms with Crippen molar-refractivity contribution < 1.29 is 28.0 Å². The Morgan fingerprint density at radius 3 is 2.48 bits per heavy atom. The number of ether oxygens (including phenoxy) is 1. The molecular formula is C12H12F2N2O5. The number of nitro groups is 1. The molecule has 0 saturated carbocycles. The number of carbonyl (C=O) groups is 2. The largest absolute Gasteiger partial charge is 0.469 e. The van der Waals surface area contributed by atoms with Crippen LogP contribution in [-0.2, 0) is 9.53 Å². The standard InChI is InChI=1S/C12H12F2N2O5/c1-15(4-3-11(17)21-2)12(18)7-5-10(16(19)20)9(14)6-8(7)13/h5-6H,3-4H2,1-2H3. The van der Waals surface area contributed by atoms with Gasteiger partial charge in [-0.05, 0) is 0 Å². The molecule has 1 aromatic carbocycles. The summed E-state index contributed by atoms with van der Waals surface area (Å²) in [6, 6.07) is 0.807. The van der Waals surface area contributed by atoms with Crippen molar-refractivity contribution >= 4 is 17.6 Å². The Hall–Kier alpha value is -2.58. The van der Waals surface area contributed by atoms with Crippen molar-refractivity contribution in [3.05, 3.63) is 39.4 Å². The molecule has 0 unspecified atom stereocenters. The maximum Gasteiger partial charge on any atom is 0.307 e. The minimum atomic E-state index is -1.37. The van der Waals surface area contributed by atoms with Crippen molar-refractivity contribution in [1.29, 1.82) is 0 Å². The molecular weight excluding hydrogens is 290 g/mol. The highest BCUT2D eigenvalue weighted by atomic mass is 19.1. The van der Waals surface area contributed by atoms with Gasteiger partial charge in [-0.3, -0.25) is 19.7 Å². The van der Waals surface area contributed by atoms with Crippen molar-refractivity contribution in [2.24, 2.45) is 0 Å². The molecule has 0 aliphatic heterocycles. The van der Waals surface area contributed by atoms with Crippen LogP contribution >= 0.6 is 0 Å². The van der Waals surface area contributed by atoms with E-state index in [9.17, 15) is 28.5 Å². The highest BCUT2D eigenvalue weighted by Crippen LogP contribution is 2.22. The molecule has 0 atom stereocenters. The molecule has 0 radical (unpaired) electrons. The maximum absolute atomic E-state index is 13.6. The molecule has 0 N–H and O–H groups in total. The third kappa shape index (κ3) is 3.94. The second-order valence-electron chi connectivity index (χ2n) is 4.09. The molecule has 21 heavy (non-hydrogen) atoms. The fourth-order valence-electron chi connectivity index (χ4n) is 1.51. The number of nitro benzene ring substituents is 1. The second-order valence-corrected chi connectivity index (χ2v) is 4.09. The topological polar surface area (TPSA) is 89.8 Å². The lowest BCUT2D eigenvalue weighted by Crippen LogP contribution is -2.30. The van der Waals surface area contributed by atoms with E-state index in [4.69, 9.17) is 0 Å². The quantitative estimate of drug-likeness (QED) is 0.467. The Balaban J connectivity index is 2.99. The first-order valence-electron chi connectivity index (χ1n) is 5.73. The van der Waals surface area contributed by atoms with Crippen LogP contribution in [0.3, 0.4) is 0 Å². The van der Waals surface area contributed by atoms with E-state index >= 15 is 0 Å². The minimum absolute atomic E-state index is 0.0733. The van der Waals surface area contributed by atoms with Crippen molar-refractivity contribution in [2.75, 3.05) is 20.7 Å². The van der Waals surface area contributed by atoms with Gasteiger partial charge < -0.3 is 9.64 Å². The molecule has 7 nitrogen and oxygen atoms in total. The summed E-state index contributed by atoms with van der Waals surface area (Å²) in [5, 5.41) is 10.6. The number of carbonyl (C=O) groups excluding carboxylic acids is 2. The Bertz CT molecular complexity index is 591. The van der Waals surface area contributed by atoms with E-state index in [1.54, 1.807) is 0 Å². The molecule has 0 aliphatic carbocycles. The van der Waals surface area contributed by atoms with Crippen LogP contribution in [0.5, 0.6) is 0 Å². The van der Waals surface area contributed by atoms with E-state index < -0.39 is 39.7 Å². The van der Waals surface area contributed by atoms with Gasteiger partial charge >= 0.3 is 11.7 Å². The first kappa shape index (κ1) is 16.5. The normalized spacial score (nSPS) is 10.1. The number of esters is 1. The third-order valence-electron chi connectivity index (χ3n) is 2.69. The molecule has 0 spiro atoms. The molecule has 0 fully saturated rings. The lowest BCUT2D eigenvalue weighted by Gasteiger charge is -2.16. The fraction of sp³-hybridized carbons (Fsp3) is 0.333. The van der Waals surface area contributed by atoms with Crippen molar-refractivity contribution in [1.82, 2.24) is 4.90 Å². The summed E-state index contributed by atoms with van der Waals surface area (Å²) < 4.78 is 31.1. The zero-order chi connectivity index (χ0) is 16.2. The van der Waals surface area contributed by atoms with Gasteiger partial charge in [0.15, 0.2) is 0 Å². The molecule has 0 bridgehead atoms. The number of benzene rings is 1. The number of halogens is 2. The van der Waals surface area contributed by atoms with Gasteiger partial charge in [-0.1, -0.05) is 0 Å². The highest BCUT2D eigenvalue weighted by Gasteiger charge is 2.24. The van der Waals surface area contributed by atoms with Crippen LogP contribution in [0.2, 0.25) is 0 Å². The van der Waals surface area contributed by atoms with Crippen LogP contribution in [-0.4, -0.2) is 42.4 Å². The van der Waals surface area contributed by atoms with Crippen LogP contribution < -0.4 is 0 Å². The van der Waals surface area contributed by atoms with E-state index in [0.29, 0.717) is 6.07 Å². The molecule has 1 rings (SSSR count). The molecule has 114 valence electrons. The van der Waals surface area contributed by atoms with Gasteiger partial charge in [0.2, 0.25) is 5.82 Å². The van der Waals surface area contributed by atoms with E-state index in [-0.39, 0.29) is 19.0 Å². The van der Waals surface area contributed by atoms with Gasteiger partial charge in [0.1, 0.15) is 5.82 Å². The predicted octanol–water partition coefficient (Wildman–Crippen LogP) is 1.51. The number of methoxy groups -OCH3 is 1. The molecule has 0 saturated heterocycles. The minimum Gasteiger partial charge on any atom is -0.469 e. The van der Waals surface area contributed by atoms with Gasteiger partial charge in [0, 0.05) is 25.7 Å². The number of rotatable bonds is 5. The molecule has 0 aromatic heterocycles. The third-order valence-corrected chi connectivity index (χ3v) is 2.69. The van der Waals surface area contributed by atoms with E-state index in [0.717, 1.165) is 4.90 Å². The van der Waals surface area contributed by atoms with Crippen molar-refractivity contribution in [2.45, 2.75) is 6.42 Å². The zero-order valence-electron chi connectivity index (χ0n) is 11.3. The van der Waals surface area contributed by atoms with Crippen LogP contribution in [0.15, 0.2) is 12.1 Å². The smallest absolute Gasteiger partial charge is 0.307 e. The first-order chi connectivity index (χ1) is 9.77. The second kappa shape index (κ2) is 6.73. The zero-order valence-corrected chi connectivity index (χ0v) is 11.3. The lowest BCUT2D eigenvalue weighted by molar-refractivity contribution is -0.387. The monoisotopic (exact) mass is 302 g/mol. The maximum atomic E-state index is 13.6. The molecule has 1 amide bonds. The average molecular weight is 302 g/mol. The summed E-state index contributed by atoms with van der Waals surface area (Å²) in [5.74, 6) is -4.06. The number of hydrogen-bond donors (Lipinski definition) is 0. The van der Waals surface area contributed by atoms with E-state index in [2.05, 4.69) is 4.74 Å². The molecule has 0 aliphatic rings. The number of hydrogen-bond acceptors (Lipinski definition) is 5. The first-order valence-corrected chi connectivity index (χ1v) is 5.73. The summed E-state index contributed by atoms with van der Waals surface area (Å²) in [4.78, 5) is 33.4. The van der Waals surface area contributed by atoms with Crippen LogP contribution in [0.25, 0.3) is 0 Å². The van der Waals surface area contributed by atoms with Crippen molar-refractivity contribution in [3.8, 4) is 0 Å². The fourth-order valence-corrected chi connectivity index (χ4v) is 1.51. The summed E-state index contributed by atoms with van der Waals surface area (Å²) in [7, 11) is 2.45.